The van der Waals surface area contributed by atoms with Gasteiger partial charge in [-0.05, 0) is 18.6 Å². The maximum Gasteiger partial charge on any atom is 0.204 e. The van der Waals surface area contributed by atoms with Crippen LogP contribution >= 0.6 is 23.2 Å². The predicted octanol–water partition coefficient (Wildman–Crippen LogP) is 5.18. The summed E-state index contributed by atoms with van der Waals surface area (Å²) < 4.78 is 16.6. The molecule has 2 rings (SSSR count). The van der Waals surface area contributed by atoms with Crippen molar-refractivity contribution in [3.63, 3.8) is 0 Å². The van der Waals surface area contributed by atoms with E-state index in [9.17, 15) is 4.79 Å². The number of pyridine rings is 1. The molecule has 0 unspecified atom stereocenters. The molecular weight excluding hydrogens is 389 g/mol. The van der Waals surface area contributed by atoms with E-state index in [-0.39, 0.29) is 12.2 Å². The van der Waals surface area contributed by atoms with Crippen molar-refractivity contribution >= 4 is 29.0 Å². The summed E-state index contributed by atoms with van der Waals surface area (Å²) in [6.45, 7) is 2.37. The zero-order valence-electron chi connectivity index (χ0n) is 15.4. The molecule has 27 heavy (non-hydrogen) atoms. The van der Waals surface area contributed by atoms with Crippen LogP contribution in [0.15, 0.2) is 36.7 Å². The molecule has 0 amide bonds. The van der Waals surface area contributed by atoms with Gasteiger partial charge in [-0.15, -0.1) is 0 Å². The molecule has 0 radical (unpaired) electrons. The first kappa shape index (κ1) is 21.1. The van der Waals surface area contributed by atoms with Gasteiger partial charge in [-0.25, -0.2) is 0 Å². The van der Waals surface area contributed by atoms with Gasteiger partial charge in [0.2, 0.25) is 5.75 Å². The third-order valence-corrected chi connectivity index (χ3v) is 4.47. The minimum absolute atomic E-state index is 0.0120. The van der Waals surface area contributed by atoms with Crippen LogP contribution in [0, 0.1) is 0 Å². The second-order valence-corrected chi connectivity index (χ2v) is 6.36. The largest absolute Gasteiger partial charge is 0.493 e. The van der Waals surface area contributed by atoms with Crippen molar-refractivity contribution in [1.82, 2.24) is 4.98 Å². The van der Waals surface area contributed by atoms with Gasteiger partial charge in [-0.3, -0.25) is 9.78 Å². The van der Waals surface area contributed by atoms with E-state index >= 15 is 0 Å². The molecule has 1 heterocycles. The molecule has 1 aromatic heterocycles. The van der Waals surface area contributed by atoms with Crippen LogP contribution < -0.4 is 14.2 Å². The summed E-state index contributed by atoms with van der Waals surface area (Å²) in [5.41, 5.74) is 0.876. The van der Waals surface area contributed by atoms with Crippen molar-refractivity contribution in [2.45, 2.75) is 19.8 Å². The number of rotatable bonds is 9. The Balaban J connectivity index is 2.38. The monoisotopic (exact) mass is 409 g/mol. The van der Waals surface area contributed by atoms with E-state index in [1.807, 2.05) is 19.1 Å². The highest BCUT2D eigenvalue weighted by molar-refractivity contribution is 6.36. The number of methoxy groups -OCH3 is 2. The van der Waals surface area contributed by atoms with Gasteiger partial charge in [0, 0.05) is 24.4 Å². The molecule has 0 saturated carbocycles. The van der Waals surface area contributed by atoms with Crippen molar-refractivity contribution in [2.75, 3.05) is 20.8 Å². The maximum atomic E-state index is 12.9. The summed E-state index contributed by atoms with van der Waals surface area (Å²) in [5.74, 6) is 0.954. The van der Waals surface area contributed by atoms with Gasteiger partial charge < -0.3 is 14.2 Å². The number of carbonyl (C=O) groups is 1. The predicted molar refractivity (Wildman–Crippen MR) is 107 cm³/mol. The number of ether oxygens (including phenoxy) is 3. The number of nitrogens with zero attached hydrogens (tertiary/aromatic N) is 1. The van der Waals surface area contributed by atoms with Crippen LogP contribution in [-0.2, 0) is 6.42 Å². The SMILES string of the molecule is CCC=CCOc1c(OC)ccc(C(=O)Cc2c(Cl)cncc2Cl)c1OC. The van der Waals surface area contributed by atoms with Crippen LogP contribution in [0.25, 0.3) is 0 Å². The Labute approximate surface area is 168 Å². The summed E-state index contributed by atoms with van der Waals surface area (Å²) in [6, 6.07) is 3.31. The molecule has 0 aliphatic carbocycles. The number of allylic oxidation sites excluding steroid dienone is 1. The zero-order chi connectivity index (χ0) is 19.8. The van der Waals surface area contributed by atoms with Gasteiger partial charge in [-0.2, -0.15) is 0 Å². The fourth-order valence-electron chi connectivity index (χ4n) is 2.49. The fourth-order valence-corrected chi connectivity index (χ4v) is 2.99. The lowest BCUT2D eigenvalue weighted by atomic mass is 10.0. The molecule has 0 aliphatic heterocycles. The van der Waals surface area contributed by atoms with E-state index in [0.29, 0.717) is 45.0 Å². The first-order valence-electron chi connectivity index (χ1n) is 8.37. The smallest absolute Gasteiger partial charge is 0.204 e. The van der Waals surface area contributed by atoms with Gasteiger partial charge in [0.05, 0.1) is 29.8 Å². The second kappa shape index (κ2) is 10.2. The summed E-state index contributed by atoms with van der Waals surface area (Å²) in [6.07, 6.45) is 7.71. The number of aromatic nitrogens is 1. The van der Waals surface area contributed by atoms with E-state index < -0.39 is 0 Å². The Kier molecular flexibility index (Phi) is 7.95. The van der Waals surface area contributed by atoms with Crippen molar-refractivity contribution in [3.8, 4) is 17.2 Å². The highest BCUT2D eigenvalue weighted by Crippen LogP contribution is 2.41. The van der Waals surface area contributed by atoms with Crippen molar-refractivity contribution < 1.29 is 19.0 Å². The van der Waals surface area contributed by atoms with Crippen molar-refractivity contribution in [3.05, 3.63) is 57.9 Å². The number of halogens is 2. The standard InChI is InChI=1S/C20H21Cl2NO4/c1-4-5-6-9-27-20-18(25-2)8-7-13(19(20)26-3)17(24)10-14-15(21)11-23-12-16(14)22/h5-8,11-12H,4,9-10H2,1-3H3. The van der Waals surface area contributed by atoms with E-state index in [4.69, 9.17) is 37.4 Å². The van der Waals surface area contributed by atoms with Crippen molar-refractivity contribution in [2.24, 2.45) is 0 Å². The first-order valence-corrected chi connectivity index (χ1v) is 9.12. The lowest BCUT2D eigenvalue weighted by Crippen LogP contribution is -2.09. The summed E-state index contributed by atoms with van der Waals surface area (Å²) in [7, 11) is 3.01. The van der Waals surface area contributed by atoms with Gasteiger partial charge in [0.1, 0.15) is 6.61 Å². The molecule has 1 aromatic carbocycles. The minimum Gasteiger partial charge on any atom is -0.493 e. The Morgan fingerprint density at radius 3 is 2.37 bits per heavy atom. The van der Waals surface area contributed by atoms with E-state index in [0.717, 1.165) is 6.42 Å². The highest BCUT2D eigenvalue weighted by Gasteiger charge is 2.22. The molecule has 2 aromatic rings. The van der Waals surface area contributed by atoms with Gasteiger partial charge in [0.15, 0.2) is 17.3 Å². The third-order valence-electron chi connectivity index (χ3n) is 3.82. The number of hydrogen-bond acceptors (Lipinski definition) is 5. The first-order chi connectivity index (χ1) is 13.0. The normalized spacial score (nSPS) is 10.9. The summed E-state index contributed by atoms with van der Waals surface area (Å²) in [5, 5.41) is 0.675. The lowest BCUT2D eigenvalue weighted by Gasteiger charge is -2.16. The molecule has 0 atom stereocenters. The van der Waals surface area contributed by atoms with Gasteiger partial charge in [0.25, 0.3) is 0 Å². The molecular formula is C20H21Cl2NO4. The highest BCUT2D eigenvalue weighted by atomic mass is 35.5. The molecule has 5 nitrogen and oxygen atoms in total. The topological polar surface area (TPSA) is 57.7 Å². The average Bonchev–Trinajstić information content (AvgIpc) is 2.67. The Bertz CT molecular complexity index is 817. The van der Waals surface area contributed by atoms with Gasteiger partial charge >= 0.3 is 0 Å². The average molecular weight is 410 g/mol. The number of hydrogen-bond donors (Lipinski definition) is 0. The molecule has 0 spiro atoms. The lowest BCUT2D eigenvalue weighted by molar-refractivity contribution is 0.0989. The van der Waals surface area contributed by atoms with E-state index in [2.05, 4.69) is 4.98 Å². The molecule has 0 aliphatic rings. The molecule has 0 bridgehead atoms. The molecule has 0 saturated heterocycles. The molecule has 0 fully saturated rings. The van der Waals surface area contributed by atoms with Crippen LogP contribution in [0.5, 0.6) is 17.2 Å². The van der Waals surface area contributed by atoms with Crippen LogP contribution in [0.1, 0.15) is 29.3 Å². The Morgan fingerprint density at radius 2 is 1.78 bits per heavy atom. The van der Waals surface area contributed by atoms with Crippen molar-refractivity contribution in [1.29, 1.82) is 0 Å². The van der Waals surface area contributed by atoms with Crippen LogP contribution in [0.2, 0.25) is 10.0 Å². The summed E-state index contributed by atoms with van der Waals surface area (Å²) in [4.78, 5) is 16.8. The maximum absolute atomic E-state index is 12.9. The number of ketones is 1. The summed E-state index contributed by atoms with van der Waals surface area (Å²) >= 11 is 12.3. The molecule has 144 valence electrons. The Hall–Kier alpha value is -2.24. The molecule has 0 N–H and O–H groups in total. The van der Waals surface area contributed by atoms with Gasteiger partial charge in [-0.1, -0.05) is 42.3 Å². The zero-order valence-corrected chi connectivity index (χ0v) is 16.9. The minimum atomic E-state index is -0.210. The van der Waals surface area contributed by atoms with Crippen LogP contribution in [-0.4, -0.2) is 31.6 Å². The quantitative estimate of drug-likeness (QED) is 0.421. The van der Waals surface area contributed by atoms with Crippen LogP contribution in [0.3, 0.4) is 0 Å². The van der Waals surface area contributed by atoms with E-state index in [1.165, 1.54) is 26.6 Å². The second-order valence-electron chi connectivity index (χ2n) is 5.55. The third kappa shape index (κ3) is 5.15. The Morgan fingerprint density at radius 1 is 1.07 bits per heavy atom. The fraction of sp³-hybridized carbons (Fsp3) is 0.300. The number of benzene rings is 1. The van der Waals surface area contributed by atoms with E-state index in [1.54, 1.807) is 12.1 Å². The number of carbonyl (C=O) groups excluding carboxylic acids is 1. The number of Topliss-reactive ketones (excluding diaryl/α,β-unsaturated/α-hetero) is 1. The van der Waals surface area contributed by atoms with Crippen LogP contribution in [0.4, 0.5) is 0 Å². The molecule has 7 heteroatoms.